The van der Waals surface area contributed by atoms with E-state index >= 15 is 0 Å². The van der Waals surface area contributed by atoms with Crippen molar-refractivity contribution in [3.05, 3.63) is 29.8 Å². The molecule has 1 aromatic rings. The van der Waals surface area contributed by atoms with Crippen LogP contribution in [-0.4, -0.2) is 23.1 Å². The summed E-state index contributed by atoms with van der Waals surface area (Å²) in [7, 11) is 0. The molecule has 19 heavy (non-hydrogen) atoms. The van der Waals surface area contributed by atoms with Crippen LogP contribution in [0.5, 0.6) is 5.75 Å². The van der Waals surface area contributed by atoms with E-state index in [9.17, 15) is 0 Å². The normalized spacial score (nSPS) is 20.5. The minimum absolute atomic E-state index is 0.264. The number of hydrogen-bond acceptors (Lipinski definition) is 3. The van der Waals surface area contributed by atoms with Crippen molar-refractivity contribution in [2.45, 2.75) is 50.3 Å². The smallest absolute Gasteiger partial charge is 0.122 e. The van der Waals surface area contributed by atoms with Gasteiger partial charge in [0.15, 0.2) is 0 Å². The van der Waals surface area contributed by atoms with Crippen LogP contribution in [0, 0.1) is 0 Å². The molecule has 2 atom stereocenters. The maximum Gasteiger partial charge on any atom is 0.122 e. The van der Waals surface area contributed by atoms with Crippen molar-refractivity contribution >= 4 is 11.8 Å². The summed E-state index contributed by atoms with van der Waals surface area (Å²) in [4.78, 5) is 0. The zero-order valence-corrected chi connectivity index (χ0v) is 13.0. The van der Waals surface area contributed by atoms with Crippen LogP contribution < -0.4 is 10.5 Å². The Bertz CT molecular complexity index is 413. The molecule has 0 bridgehead atoms. The lowest BCUT2D eigenvalue weighted by atomic mass is 9.88. The second-order valence-electron chi connectivity index (χ2n) is 6.29. The first-order valence-electron chi connectivity index (χ1n) is 7.07. The molecule has 2 N–H and O–H groups in total. The number of para-hydroxylation sites is 1. The van der Waals surface area contributed by atoms with Crippen molar-refractivity contribution < 1.29 is 4.74 Å². The molecule has 1 heterocycles. The molecule has 2 rings (SSSR count). The summed E-state index contributed by atoms with van der Waals surface area (Å²) in [6.07, 6.45) is 2.15. The molecule has 0 aliphatic carbocycles. The van der Waals surface area contributed by atoms with E-state index < -0.39 is 0 Å². The van der Waals surface area contributed by atoms with Gasteiger partial charge in [-0.25, -0.2) is 0 Å². The van der Waals surface area contributed by atoms with E-state index in [0.717, 1.165) is 31.0 Å². The van der Waals surface area contributed by atoms with E-state index in [-0.39, 0.29) is 6.04 Å². The Morgan fingerprint density at radius 3 is 2.84 bits per heavy atom. The number of ether oxygens (including phenoxy) is 1. The van der Waals surface area contributed by atoms with Gasteiger partial charge < -0.3 is 10.5 Å². The number of benzene rings is 1. The number of hydrogen-bond donors (Lipinski definition) is 1. The standard InChI is InChI=1S/C16H25NOS/c1-16(2,3)19-11-13(17)10-12-8-9-18-15-7-5-4-6-14(12)15/h4-7,12-13H,8-11,17H2,1-3H3. The van der Waals surface area contributed by atoms with Crippen LogP contribution >= 0.6 is 11.8 Å². The Kier molecular flexibility index (Phi) is 4.80. The zero-order chi connectivity index (χ0) is 13.9. The van der Waals surface area contributed by atoms with Gasteiger partial charge in [0.25, 0.3) is 0 Å². The molecule has 0 spiro atoms. The second kappa shape index (κ2) is 6.19. The molecule has 0 fully saturated rings. The third-order valence-corrected chi connectivity index (χ3v) is 4.86. The van der Waals surface area contributed by atoms with Gasteiger partial charge in [0.05, 0.1) is 6.61 Å². The molecule has 1 aliphatic rings. The Labute approximate surface area is 121 Å². The van der Waals surface area contributed by atoms with Crippen molar-refractivity contribution in [2.75, 3.05) is 12.4 Å². The number of nitrogens with two attached hydrogens (primary N) is 1. The Morgan fingerprint density at radius 2 is 2.11 bits per heavy atom. The zero-order valence-electron chi connectivity index (χ0n) is 12.2. The van der Waals surface area contributed by atoms with E-state index in [0.29, 0.717) is 10.7 Å². The quantitative estimate of drug-likeness (QED) is 0.910. The highest BCUT2D eigenvalue weighted by Crippen LogP contribution is 2.36. The van der Waals surface area contributed by atoms with Crippen LogP contribution in [-0.2, 0) is 0 Å². The molecule has 0 aromatic heterocycles. The average Bonchev–Trinajstić information content (AvgIpc) is 2.36. The summed E-state index contributed by atoms with van der Waals surface area (Å²) in [5.74, 6) is 2.64. The Morgan fingerprint density at radius 1 is 1.37 bits per heavy atom. The number of thioether (sulfide) groups is 1. The predicted molar refractivity (Wildman–Crippen MR) is 84.1 cm³/mol. The van der Waals surface area contributed by atoms with Crippen molar-refractivity contribution in [1.29, 1.82) is 0 Å². The van der Waals surface area contributed by atoms with E-state index in [2.05, 4.69) is 39.0 Å². The van der Waals surface area contributed by atoms with Gasteiger partial charge in [-0.1, -0.05) is 39.0 Å². The monoisotopic (exact) mass is 279 g/mol. The number of rotatable bonds is 4. The fourth-order valence-electron chi connectivity index (χ4n) is 2.45. The molecule has 2 unspecified atom stereocenters. The minimum Gasteiger partial charge on any atom is -0.493 e. The average molecular weight is 279 g/mol. The molecular weight excluding hydrogens is 254 g/mol. The van der Waals surface area contributed by atoms with Crippen LogP contribution in [0.25, 0.3) is 0 Å². The first-order chi connectivity index (χ1) is 8.96. The van der Waals surface area contributed by atoms with Crippen LogP contribution in [0.4, 0.5) is 0 Å². The fraction of sp³-hybridized carbons (Fsp3) is 0.625. The molecule has 2 nitrogen and oxygen atoms in total. The summed E-state index contributed by atoms with van der Waals surface area (Å²) in [5, 5.41) is 0. The first-order valence-corrected chi connectivity index (χ1v) is 8.05. The molecule has 0 saturated carbocycles. The third-order valence-electron chi connectivity index (χ3n) is 3.40. The van der Waals surface area contributed by atoms with Crippen molar-refractivity contribution in [3.63, 3.8) is 0 Å². The van der Waals surface area contributed by atoms with Gasteiger partial charge in [-0.3, -0.25) is 0 Å². The molecule has 0 saturated heterocycles. The maximum absolute atomic E-state index is 6.31. The topological polar surface area (TPSA) is 35.2 Å². The predicted octanol–water partition coefficient (Wildman–Crippen LogP) is 3.80. The SMILES string of the molecule is CC(C)(C)SCC(N)CC1CCOc2ccccc21. The van der Waals surface area contributed by atoms with E-state index in [1.54, 1.807) is 0 Å². The summed E-state index contributed by atoms with van der Waals surface area (Å²) in [5.41, 5.74) is 7.65. The van der Waals surface area contributed by atoms with Gasteiger partial charge in [-0.15, -0.1) is 0 Å². The van der Waals surface area contributed by atoms with Crippen LogP contribution in [0.2, 0.25) is 0 Å². The molecule has 0 radical (unpaired) electrons. The molecule has 106 valence electrons. The van der Waals surface area contributed by atoms with E-state index in [1.807, 2.05) is 17.8 Å². The Balaban J connectivity index is 1.93. The number of fused-ring (bicyclic) bond motifs is 1. The summed E-state index contributed by atoms with van der Waals surface area (Å²) < 4.78 is 6.00. The van der Waals surface area contributed by atoms with Crippen LogP contribution in [0.1, 0.15) is 45.1 Å². The van der Waals surface area contributed by atoms with Crippen molar-refractivity contribution in [1.82, 2.24) is 0 Å². The summed E-state index contributed by atoms with van der Waals surface area (Å²) in [6, 6.07) is 8.65. The molecule has 1 aliphatic heterocycles. The lowest BCUT2D eigenvalue weighted by molar-refractivity contribution is 0.260. The summed E-state index contributed by atoms with van der Waals surface area (Å²) in [6.45, 7) is 7.55. The highest BCUT2D eigenvalue weighted by molar-refractivity contribution is 8.00. The lowest BCUT2D eigenvalue weighted by Gasteiger charge is -2.28. The van der Waals surface area contributed by atoms with Gasteiger partial charge in [0.2, 0.25) is 0 Å². The van der Waals surface area contributed by atoms with Crippen molar-refractivity contribution in [2.24, 2.45) is 5.73 Å². The molecule has 3 heteroatoms. The van der Waals surface area contributed by atoms with Crippen molar-refractivity contribution in [3.8, 4) is 5.75 Å². The van der Waals surface area contributed by atoms with Crippen LogP contribution in [0.15, 0.2) is 24.3 Å². The third kappa shape index (κ3) is 4.43. The lowest BCUT2D eigenvalue weighted by Crippen LogP contribution is -2.29. The minimum atomic E-state index is 0.264. The van der Waals surface area contributed by atoms with Gasteiger partial charge in [-0.2, -0.15) is 11.8 Å². The second-order valence-corrected chi connectivity index (χ2v) is 8.14. The van der Waals surface area contributed by atoms with E-state index in [4.69, 9.17) is 10.5 Å². The molecular formula is C16H25NOS. The highest BCUT2D eigenvalue weighted by atomic mass is 32.2. The highest BCUT2D eigenvalue weighted by Gasteiger charge is 2.23. The van der Waals surface area contributed by atoms with E-state index in [1.165, 1.54) is 5.56 Å². The van der Waals surface area contributed by atoms with Gasteiger partial charge in [-0.05, 0) is 30.4 Å². The largest absolute Gasteiger partial charge is 0.493 e. The maximum atomic E-state index is 6.31. The summed E-state index contributed by atoms with van der Waals surface area (Å²) >= 11 is 1.96. The first kappa shape index (κ1) is 14.7. The van der Waals surface area contributed by atoms with Gasteiger partial charge in [0.1, 0.15) is 5.75 Å². The van der Waals surface area contributed by atoms with Gasteiger partial charge in [0, 0.05) is 16.5 Å². The Hall–Kier alpha value is -0.670. The van der Waals surface area contributed by atoms with Crippen LogP contribution in [0.3, 0.4) is 0 Å². The molecule has 1 aromatic carbocycles. The molecule has 0 amide bonds. The van der Waals surface area contributed by atoms with Gasteiger partial charge >= 0.3 is 0 Å². The fourth-order valence-corrected chi connectivity index (χ4v) is 3.30.